The first-order valence-electron chi connectivity index (χ1n) is 11.5. The molecule has 0 bridgehead atoms. The smallest absolute Gasteiger partial charge is 0.475 e. The molecule has 5 rings (SSSR count). The molecule has 2 saturated heterocycles. The van der Waals surface area contributed by atoms with Crippen LogP contribution in [0.5, 0.6) is 0 Å². The maximum atomic E-state index is 12.8. The lowest BCUT2D eigenvalue weighted by molar-refractivity contribution is -0.192. The van der Waals surface area contributed by atoms with Crippen LogP contribution in [0.25, 0.3) is 21.7 Å². The Morgan fingerprint density at radius 3 is 2.36 bits per heavy atom. The van der Waals surface area contributed by atoms with Crippen molar-refractivity contribution in [2.45, 2.75) is 25.4 Å². The van der Waals surface area contributed by atoms with Gasteiger partial charge in [0.15, 0.2) is 5.58 Å². The number of nitrogens with zero attached hydrogens (tertiary/aromatic N) is 5. The number of likely N-dealkylation sites (N-methyl/N-ethyl adjacent to an activating group) is 1. The summed E-state index contributed by atoms with van der Waals surface area (Å²) >= 11 is 1.39. The van der Waals surface area contributed by atoms with E-state index >= 15 is 0 Å². The zero-order valence-electron chi connectivity index (χ0n) is 19.6. The van der Waals surface area contributed by atoms with Crippen molar-refractivity contribution in [3.8, 4) is 10.7 Å². The van der Waals surface area contributed by atoms with Gasteiger partial charge < -0.3 is 24.3 Å². The molecule has 2 fully saturated rings. The van der Waals surface area contributed by atoms with Gasteiger partial charge >= 0.3 is 12.1 Å². The Bertz CT molecular complexity index is 1210. The first-order valence-corrected chi connectivity index (χ1v) is 12.3. The summed E-state index contributed by atoms with van der Waals surface area (Å²) < 4.78 is 37.4. The van der Waals surface area contributed by atoms with E-state index in [1.54, 1.807) is 6.20 Å². The van der Waals surface area contributed by atoms with Crippen molar-refractivity contribution < 1.29 is 32.4 Å². The second-order valence-electron chi connectivity index (χ2n) is 8.69. The van der Waals surface area contributed by atoms with E-state index in [-0.39, 0.29) is 5.91 Å². The third-order valence-corrected chi connectivity index (χ3v) is 7.12. The lowest BCUT2D eigenvalue weighted by Gasteiger charge is -2.31. The molecule has 3 aromatic rings. The largest absolute Gasteiger partial charge is 0.490 e. The summed E-state index contributed by atoms with van der Waals surface area (Å²) in [5.41, 5.74) is 2.67. The van der Waals surface area contributed by atoms with Gasteiger partial charge in [0, 0.05) is 51.0 Å². The number of piperidine rings is 1. The summed E-state index contributed by atoms with van der Waals surface area (Å²) in [6, 6.07) is 6.27. The second kappa shape index (κ2) is 10.8. The first kappa shape index (κ1) is 25.9. The summed E-state index contributed by atoms with van der Waals surface area (Å²) in [4.78, 5) is 33.4. The molecule has 0 unspecified atom stereocenters. The van der Waals surface area contributed by atoms with Crippen LogP contribution in [0.4, 0.5) is 18.9 Å². The van der Waals surface area contributed by atoms with E-state index < -0.39 is 12.1 Å². The van der Waals surface area contributed by atoms with Crippen LogP contribution in [0.1, 0.15) is 28.9 Å². The minimum Gasteiger partial charge on any atom is -0.475 e. The molecule has 0 spiro atoms. The summed E-state index contributed by atoms with van der Waals surface area (Å²) in [5, 5.41) is 13.1. The van der Waals surface area contributed by atoms with Gasteiger partial charge in [-0.2, -0.15) is 13.2 Å². The molecule has 0 atom stereocenters. The summed E-state index contributed by atoms with van der Waals surface area (Å²) in [5.74, 6) is -2.70. The second-order valence-corrected chi connectivity index (χ2v) is 9.72. The Kier molecular flexibility index (Phi) is 7.79. The number of thiazole rings is 1. The minimum absolute atomic E-state index is 0.0574. The van der Waals surface area contributed by atoms with E-state index in [1.165, 1.54) is 36.3 Å². The predicted octanol–water partition coefficient (Wildman–Crippen LogP) is 3.96. The van der Waals surface area contributed by atoms with Crippen molar-refractivity contribution in [2.75, 3.05) is 51.2 Å². The summed E-state index contributed by atoms with van der Waals surface area (Å²) in [6.07, 6.45) is 0.375. The Morgan fingerprint density at radius 1 is 1.06 bits per heavy atom. The fraction of sp³-hybridized carbons (Fsp3) is 0.478. The number of carboxylic acids is 1. The third-order valence-electron chi connectivity index (χ3n) is 6.13. The van der Waals surface area contributed by atoms with Gasteiger partial charge in [-0.25, -0.2) is 9.78 Å². The molecule has 194 valence electrons. The van der Waals surface area contributed by atoms with Crippen molar-refractivity contribution in [3.63, 3.8) is 0 Å². The van der Waals surface area contributed by atoms with E-state index in [0.717, 1.165) is 55.2 Å². The van der Waals surface area contributed by atoms with Crippen LogP contribution in [-0.4, -0.2) is 89.4 Å². The van der Waals surface area contributed by atoms with Crippen molar-refractivity contribution in [2.24, 2.45) is 0 Å². The highest BCUT2D eigenvalue weighted by Crippen LogP contribution is 2.34. The van der Waals surface area contributed by atoms with Crippen LogP contribution >= 0.6 is 11.3 Å². The molecule has 0 aliphatic carbocycles. The van der Waals surface area contributed by atoms with Crippen molar-refractivity contribution in [1.29, 1.82) is 0 Å². The fourth-order valence-electron chi connectivity index (χ4n) is 4.08. The molecule has 2 aliphatic rings. The van der Waals surface area contributed by atoms with Gasteiger partial charge in [-0.1, -0.05) is 5.16 Å². The lowest BCUT2D eigenvalue weighted by Crippen LogP contribution is -2.46. The summed E-state index contributed by atoms with van der Waals surface area (Å²) in [7, 11) is 2.08. The molecule has 2 aliphatic heterocycles. The monoisotopic (exact) mass is 525 g/mol. The van der Waals surface area contributed by atoms with Crippen LogP contribution in [-0.2, 0) is 4.79 Å². The average Bonchev–Trinajstić information content (AvgIpc) is 3.51. The highest BCUT2D eigenvalue weighted by molar-refractivity contribution is 7.17. The number of hydrogen-bond donors (Lipinski definition) is 1. The maximum Gasteiger partial charge on any atom is 0.490 e. The van der Waals surface area contributed by atoms with E-state index in [9.17, 15) is 18.0 Å². The molecule has 2 aromatic heterocycles. The molecule has 9 nitrogen and oxygen atoms in total. The number of amides is 1. The average molecular weight is 526 g/mol. The van der Waals surface area contributed by atoms with Gasteiger partial charge in [0.1, 0.15) is 15.6 Å². The minimum atomic E-state index is -5.08. The molecule has 13 heteroatoms. The Labute approximate surface area is 209 Å². The number of piperazine rings is 1. The number of aromatic nitrogens is 2. The molecule has 1 N–H and O–H groups in total. The van der Waals surface area contributed by atoms with Crippen LogP contribution in [0.15, 0.2) is 28.9 Å². The highest BCUT2D eigenvalue weighted by Gasteiger charge is 2.38. The number of aliphatic carboxylic acids is 1. The molecule has 4 heterocycles. The topological polar surface area (TPSA) is 103 Å². The number of fused-ring (bicyclic) bond motifs is 1. The Morgan fingerprint density at radius 2 is 1.72 bits per heavy atom. The fourth-order valence-corrected chi connectivity index (χ4v) is 4.96. The Hall–Kier alpha value is -3.19. The maximum absolute atomic E-state index is 12.8. The predicted molar refractivity (Wildman–Crippen MR) is 128 cm³/mol. The standard InChI is InChI=1S/C21H25N5O2S.C2HF3O2/c1-24-9-11-26(12-10-24)21(27)18-14-22-20(29-18)19-16-6-5-15(13-17(16)28-23-19)25-7-3-2-4-8-25;3-2(4,5)1(6)7/h5-6,13-14H,2-4,7-12H2,1H3;(H,6,7). The third kappa shape index (κ3) is 5.95. The number of benzene rings is 1. The molecule has 0 saturated carbocycles. The van der Waals surface area contributed by atoms with Gasteiger partial charge in [0.2, 0.25) is 0 Å². The number of rotatable bonds is 3. The number of hydrogen-bond acceptors (Lipinski definition) is 8. The lowest BCUT2D eigenvalue weighted by atomic mass is 10.1. The van der Waals surface area contributed by atoms with Crippen LogP contribution < -0.4 is 4.90 Å². The molecule has 36 heavy (non-hydrogen) atoms. The number of halogens is 3. The number of carbonyl (C=O) groups excluding carboxylic acids is 1. The molecular formula is C23H26F3N5O4S. The van der Waals surface area contributed by atoms with Gasteiger partial charge in [0.25, 0.3) is 5.91 Å². The van der Waals surface area contributed by atoms with Crippen LogP contribution in [0.2, 0.25) is 0 Å². The van der Waals surface area contributed by atoms with Gasteiger partial charge in [-0.05, 0) is 38.4 Å². The molecule has 1 amide bonds. The van der Waals surface area contributed by atoms with Crippen LogP contribution in [0.3, 0.4) is 0 Å². The van der Waals surface area contributed by atoms with Crippen molar-refractivity contribution >= 4 is 39.9 Å². The quantitative estimate of drug-likeness (QED) is 0.548. The SMILES string of the molecule is CN1CCN(C(=O)c2cnc(-c3noc4cc(N5CCCCC5)ccc34)s2)CC1.O=C(O)C(F)(F)F. The van der Waals surface area contributed by atoms with Gasteiger partial charge in [-0.15, -0.1) is 11.3 Å². The van der Waals surface area contributed by atoms with Crippen LogP contribution in [0, 0.1) is 0 Å². The first-order chi connectivity index (χ1) is 17.1. The Balaban J connectivity index is 0.000000384. The molecular weight excluding hydrogens is 499 g/mol. The van der Waals surface area contributed by atoms with E-state index in [0.29, 0.717) is 10.6 Å². The van der Waals surface area contributed by atoms with E-state index in [4.69, 9.17) is 14.4 Å². The summed E-state index contributed by atoms with van der Waals surface area (Å²) in [6.45, 7) is 5.52. The number of carbonyl (C=O) groups is 2. The molecule has 1 aromatic carbocycles. The number of carboxylic acid groups (broad SMARTS) is 1. The van der Waals surface area contributed by atoms with E-state index in [2.05, 4.69) is 45.2 Å². The normalized spacial score (nSPS) is 17.1. The van der Waals surface area contributed by atoms with Crippen molar-refractivity contribution in [3.05, 3.63) is 29.3 Å². The van der Waals surface area contributed by atoms with E-state index in [1.807, 2.05) is 4.90 Å². The zero-order valence-corrected chi connectivity index (χ0v) is 20.4. The van der Waals surface area contributed by atoms with Crippen molar-refractivity contribution in [1.82, 2.24) is 19.9 Å². The zero-order chi connectivity index (χ0) is 25.9. The number of anilines is 1. The van der Waals surface area contributed by atoms with Gasteiger partial charge in [-0.3, -0.25) is 4.79 Å². The molecule has 0 radical (unpaired) electrons. The highest BCUT2D eigenvalue weighted by atomic mass is 32.1. The number of alkyl halides is 3. The van der Waals surface area contributed by atoms with Gasteiger partial charge in [0.05, 0.1) is 11.6 Å².